The molecular weight excluding hydrogens is 204 g/mol. The Balaban J connectivity index is 2.54. The summed E-state index contributed by atoms with van der Waals surface area (Å²) in [5, 5.41) is -0.713. The number of carbonyl (C=O) groups excluding carboxylic acids is 2. The second-order valence-electron chi connectivity index (χ2n) is 2.37. The van der Waals surface area contributed by atoms with E-state index in [-0.39, 0.29) is 0 Å². The number of carbonyl (C=O) groups is 2. The lowest BCUT2D eigenvalue weighted by Gasteiger charge is -1.98. The Morgan fingerprint density at radius 1 is 1.14 bits per heavy atom. The van der Waals surface area contributed by atoms with Crippen LogP contribution in [0.25, 0.3) is 0 Å². The molecule has 0 amide bonds. The van der Waals surface area contributed by atoms with Gasteiger partial charge in [0.1, 0.15) is 5.75 Å². The van der Waals surface area contributed by atoms with E-state index < -0.39 is 11.2 Å². The highest BCUT2D eigenvalue weighted by Crippen LogP contribution is 2.08. The summed E-state index contributed by atoms with van der Waals surface area (Å²) in [4.78, 5) is 21.3. The number of rotatable bonds is 3. The van der Waals surface area contributed by atoms with Crippen molar-refractivity contribution in [3.05, 3.63) is 42.5 Å². The zero-order chi connectivity index (χ0) is 10.4. The number of allylic oxidation sites excluding steroid dienone is 1. The van der Waals surface area contributed by atoms with Crippen LogP contribution in [0.4, 0.5) is 0 Å². The molecule has 3 nitrogen and oxygen atoms in total. The van der Waals surface area contributed by atoms with E-state index in [2.05, 4.69) is 0 Å². The van der Waals surface area contributed by atoms with Crippen LogP contribution in [0.2, 0.25) is 0 Å². The fraction of sp³-hybridized carbons (Fsp3) is 0. The van der Waals surface area contributed by atoms with Gasteiger partial charge in [-0.2, -0.15) is 0 Å². The van der Waals surface area contributed by atoms with Gasteiger partial charge < -0.3 is 4.74 Å². The average Bonchev–Trinajstić information content (AvgIpc) is 2.16. The van der Waals surface area contributed by atoms with Gasteiger partial charge in [-0.05, 0) is 23.7 Å². The van der Waals surface area contributed by atoms with Crippen LogP contribution >= 0.6 is 11.6 Å². The Kier molecular flexibility index (Phi) is 3.88. The number of ether oxygens (including phenoxy) is 1. The van der Waals surface area contributed by atoms with Crippen molar-refractivity contribution in [1.82, 2.24) is 0 Å². The van der Waals surface area contributed by atoms with Crippen molar-refractivity contribution >= 4 is 22.8 Å². The monoisotopic (exact) mass is 210 g/mol. The quantitative estimate of drug-likeness (QED) is 0.331. The molecule has 14 heavy (non-hydrogen) atoms. The third kappa shape index (κ3) is 3.87. The minimum atomic E-state index is -0.713. The fourth-order valence-corrected chi connectivity index (χ4v) is 0.835. The Bertz CT molecular complexity index is 357. The van der Waals surface area contributed by atoms with Crippen molar-refractivity contribution in [2.75, 3.05) is 0 Å². The minimum absolute atomic E-state index is 0.421. The first-order valence-electron chi connectivity index (χ1n) is 3.83. The molecule has 0 aliphatic carbocycles. The summed E-state index contributed by atoms with van der Waals surface area (Å²) in [6.45, 7) is 0. The molecule has 1 rings (SSSR count). The SMILES string of the molecule is O=C(Cl)C=CC(=O)Oc1ccccc1. The second kappa shape index (κ2) is 5.19. The predicted octanol–water partition coefficient (Wildman–Crippen LogP) is 1.91. The van der Waals surface area contributed by atoms with Gasteiger partial charge in [-0.3, -0.25) is 4.79 Å². The number of benzene rings is 1. The minimum Gasteiger partial charge on any atom is -0.423 e. The molecule has 0 bridgehead atoms. The Hall–Kier alpha value is -1.61. The van der Waals surface area contributed by atoms with Crippen LogP contribution in [0.3, 0.4) is 0 Å². The van der Waals surface area contributed by atoms with Gasteiger partial charge in [-0.1, -0.05) is 18.2 Å². The summed E-state index contributed by atoms with van der Waals surface area (Å²) >= 11 is 4.99. The molecule has 1 aromatic carbocycles. The molecule has 0 aromatic heterocycles. The summed E-state index contributed by atoms with van der Waals surface area (Å²) in [6.07, 6.45) is 1.91. The number of hydrogen-bond acceptors (Lipinski definition) is 3. The fourth-order valence-electron chi connectivity index (χ4n) is 0.772. The lowest BCUT2D eigenvalue weighted by molar-refractivity contribution is -0.129. The van der Waals surface area contributed by atoms with Gasteiger partial charge in [0.05, 0.1) is 0 Å². The van der Waals surface area contributed by atoms with E-state index in [0.717, 1.165) is 12.2 Å². The van der Waals surface area contributed by atoms with Crippen molar-refractivity contribution < 1.29 is 14.3 Å². The molecule has 0 spiro atoms. The van der Waals surface area contributed by atoms with Crippen molar-refractivity contribution in [2.45, 2.75) is 0 Å². The molecule has 0 unspecified atom stereocenters. The molecular formula is C10H7ClO3. The Morgan fingerprint density at radius 2 is 1.79 bits per heavy atom. The third-order valence-electron chi connectivity index (χ3n) is 1.31. The van der Waals surface area contributed by atoms with Gasteiger partial charge in [0.2, 0.25) is 5.24 Å². The maximum absolute atomic E-state index is 11.0. The number of esters is 1. The van der Waals surface area contributed by atoms with Crippen LogP contribution in [-0.2, 0) is 9.59 Å². The first-order chi connectivity index (χ1) is 6.68. The zero-order valence-electron chi connectivity index (χ0n) is 7.14. The first-order valence-corrected chi connectivity index (χ1v) is 4.20. The third-order valence-corrected chi connectivity index (χ3v) is 1.44. The highest BCUT2D eigenvalue weighted by atomic mass is 35.5. The molecule has 72 valence electrons. The number of hydrogen-bond donors (Lipinski definition) is 0. The molecule has 0 saturated carbocycles. The molecule has 0 N–H and O–H groups in total. The molecule has 0 radical (unpaired) electrons. The average molecular weight is 211 g/mol. The van der Waals surface area contributed by atoms with Crippen LogP contribution in [-0.4, -0.2) is 11.2 Å². The first kappa shape index (κ1) is 10.5. The summed E-state index contributed by atoms with van der Waals surface area (Å²) < 4.78 is 4.83. The molecule has 1 aromatic rings. The van der Waals surface area contributed by atoms with E-state index in [1.807, 2.05) is 0 Å². The largest absolute Gasteiger partial charge is 0.423 e. The van der Waals surface area contributed by atoms with Crippen LogP contribution in [0, 0.1) is 0 Å². The lowest BCUT2D eigenvalue weighted by Crippen LogP contribution is -2.03. The van der Waals surface area contributed by atoms with Crippen LogP contribution in [0.1, 0.15) is 0 Å². The number of para-hydroxylation sites is 1. The highest BCUT2D eigenvalue weighted by Gasteiger charge is 1.99. The molecule has 0 aliphatic rings. The normalized spacial score (nSPS) is 10.1. The molecule has 0 atom stereocenters. The summed E-state index contributed by atoms with van der Waals surface area (Å²) in [7, 11) is 0. The smallest absolute Gasteiger partial charge is 0.336 e. The molecule has 0 saturated heterocycles. The van der Waals surface area contributed by atoms with E-state index in [4.69, 9.17) is 16.3 Å². The van der Waals surface area contributed by atoms with Gasteiger partial charge in [0.15, 0.2) is 0 Å². The highest BCUT2D eigenvalue weighted by molar-refractivity contribution is 6.66. The lowest BCUT2D eigenvalue weighted by atomic mass is 10.3. The number of halogens is 1. The second-order valence-corrected chi connectivity index (χ2v) is 2.74. The summed E-state index contributed by atoms with van der Waals surface area (Å²) in [5.74, 6) is -0.214. The topological polar surface area (TPSA) is 43.4 Å². The standard InChI is InChI=1S/C10H7ClO3/c11-9(12)6-7-10(13)14-8-4-2-1-3-5-8/h1-7H. The van der Waals surface area contributed by atoms with Crippen molar-refractivity contribution in [3.63, 3.8) is 0 Å². The molecule has 0 aliphatic heterocycles. The van der Waals surface area contributed by atoms with E-state index in [1.54, 1.807) is 30.3 Å². The zero-order valence-corrected chi connectivity index (χ0v) is 7.90. The maximum Gasteiger partial charge on any atom is 0.336 e. The van der Waals surface area contributed by atoms with Gasteiger partial charge >= 0.3 is 5.97 Å². The van der Waals surface area contributed by atoms with Crippen molar-refractivity contribution in [3.8, 4) is 5.75 Å². The summed E-state index contributed by atoms with van der Waals surface area (Å²) in [5.41, 5.74) is 0. The Labute approximate surface area is 85.9 Å². The Morgan fingerprint density at radius 3 is 2.36 bits per heavy atom. The maximum atomic E-state index is 11.0. The van der Waals surface area contributed by atoms with Gasteiger partial charge in [0.25, 0.3) is 0 Å². The van der Waals surface area contributed by atoms with Gasteiger partial charge in [-0.25, -0.2) is 4.79 Å². The van der Waals surface area contributed by atoms with Crippen LogP contribution in [0.5, 0.6) is 5.75 Å². The van der Waals surface area contributed by atoms with Crippen molar-refractivity contribution in [1.29, 1.82) is 0 Å². The van der Waals surface area contributed by atoms with Gasteiger partial charge in [-0.15, -0.1) is 0 Å². The van der Waals surface area contributed by atoms with Crippen LogP contribution < -0.4 is 4.74 Å². The molecule has 4 heteroatoms. The van der Waals surface area contributed by atoms with E-state index in [1.165, 1.54) is 0 Å². The van der Waals surface area contributed by atoms with E-state index >= 15 is 0 Å². The van der Waals surface area contributed by atoms with E-state index in [0.29, 0.717) is 5.75 Å². The van der Waals surface area contributed by atoms with Crippen LogP contribution in [0.15, 0.2) is 42.5 Å². The van der Waals surface area contributed by atoms with E-state index in [9.17, 15) is 9.59 Å². The summed E-state index contributed by atoms with van der Waals surface area (Å²) in [6, 6.07) is 8.54. The molecule has 0 fully saturated rings. The molecule has 0 heterocycles. The van der Waals surface area contributed by atoms with Crippen molar-refractivity contribution in [2.24, 2.45) is 0 Å². The predicted molar refractivity (Wildman–Crippen MR) is 52.1 cm³/mol. The van der Waals surface area contributed by atoms with Gasteiger partial charge in [0, 0.05) is 12.2 Å².